The smallest absolute Gasteiger partial charge is 0.108 e. The third-order valence-corrected chi connectivity index (χ3v) is 2.88. The molecule has 0 saturated carbocycles. The highest BCUT2D eigenvalue weighted by atomic mass is 15.1. The lowest BCUT2D eigenvalue weighted by Gasteiger charge is -2.06. The molecule has 0 atom stereocenters. The summed E-state index contributed by atoms with van der Waals surface area (Å²) in [5.74, 6) is 1.14. The maximum absolute atomic E-state index is 5.56. The van der Waals surface area contributed by atoms with Gasteiger partial charge in [-0.2, -0.15) is 0 Å². The van der Waals surface area contributed by atoms with Gasteiger partial charge in [0.05, 0.1) is 0 Å². The van der Waals surface area contributed by atoms with Crippen LogP contribution in [-0.4, -0.2) is 16.1 Å². The lowest BCUT2D eigenvalue weighted by Crippen LogP contribution is -2.12. The molecule has 0 bridgehead atoms. The predicted octanol–water partition coefficient (Wildman–Crippen LogP) is 2.02. The van der Waals surface area contributed by atoms with Crippen LogP contribution < -0.4 is 5.73 Å². The van der Waals surface area contributed by atoms with E-state index in [1.807, 2.05) is 12.4 Å². The van der Waals surface area contributed by atoms with Crippen LogP contribution >= 0.6 is 0 Å². The van der Waals surface area contributed by atoms with Gasteiger partial charge in [0, 0.05) is 31.9 Å². The number of aromatic nitrogens is 2. The van der Waals surface area contributed by atoms with Crippen LogP contribution in [0.2, 0.25) is 0 Å². The first-order chi connectivity index (χ1) is 8.40. The molecule has 1 aromatic heterocycles. The number of imidazole rings is 1. The van der Waals surface area contributed by atoms with Gasteiger partial charge in [-0.3, -0.25) is 0 Å². The Morgan fingerprint density at radius 3 is 2.71 bits per heavy atom. The average molecular weight is 229 g/mol. The van der Waals surface area contributed by atoms with E-state index in [4.69, 9.17) is 5.73 Å². The van der Waals surface area contributed by atoms with Crippen LogP contribution in [0.5, 0.6) is 0 Å². The first-order valence-corrected chi connectivity index (χ1v) is 6.14. The lowest BCUT2D eigenvalue weighted by atomic mass is 10.1. The fourth-order valence-electron chi connectivity index (χ4n) is 2.01. The minimum atomic E-state index is 0.669. The molecule has 17 heavy (non-hydrogen) atoms. The molecule has 0 unspecified atom stereocenters. The van der Waals surface area contributed by atoms with Crippen LogP contribution in [-0.2, 0) is 19.4 Å². The van der Waals surface area contributed by atoms with E-state index in [1.165, 1.54) is 5.56 Å². The Morgan fingerprint density at radius 1 is 1.12 bits per heavy atom. The molecular formula is C14H19N3. The van der Waals surface area contributed by atoms with Gasteiger partial charge in [0.1, 0.15) is 5.82 Å². The van der Waals surface area contributed by atoms with Gasteiger partial charge in [0.2, 0.25) is 0 Å². The zero-order chi connectivity index (χ0) is 11.9. The molecule has 0 radical (unpaired) electrons. The number of nitrogens with zero attached hydrogens (tertiary/aromatic N) is 2. The van der Waals surface area contributed by atoms with Gasteiger partial charge in [-0.25, -0.2) is 4.98 Å². The summed E-state index contributed by atoms with van der Waals surface area (Å²) >= 11 is 0. The van der Waals surface area contributed by atoms with Crippen molar-refractivity contribution in [2.45, 2.75) is 25.8 Å². The zero-order valence-corrected chi connectivity index (χ0v) is 10.0. The van der Waals surface area contributed by atoms with Crippen LogP contribution in [0.25, 0.3) is 0 Å². The van der Waals surface area contributed by atoms with Gasteiger partial charge in [-0.05, 0) is 18.4 Å². The average Bonchev–Trinajstić information content (AvgIpc) is 2.79. The second-order valence-electron chi connectivity index (χ2n) is 4.16. The van der Waals surface area contributed by atoms with Crippen LogP contribution in [0.15, 0.2) is 42.7 Å². The Kier molecular flexibility index (Phi) is 4.33. The van der Waals surface area contributed by atoms with E-state index in [9.17, 15) is 0 Å². The van der Waals surface area contributed by atoms with Crippen LogP contribution in [0.3, 0.4) is 0 Å². The lowest BCUT2D eigenvalue weighted by molar-refractivity contribution is 0.641. The van der Waals surface area contributed by atoms with Crippen molar-refractivity contribution in [1.29, 1.82) is 0 Å². The normalized spacial score (nSPS) is 10.6. The Balaban J connectivity index is 1.84. The van der Waals surface area contributed by atoms with Gasteiger partial charge in [0.15, 0.2) is 0 Å². The van der Waals surface area contributed by atoms with Crippen LogP contribution in [0.1, 0.15) is 17.8 Å². The molecule has 0 aliphatic heterocycles. The molecule has 0 amide bonds. The van der Waals surface area contributed by atoms with E-state index in [1.54, 1.807) is 0 Å². The summed E-state index contributed by atoms with van der Waals surface area (Å²) in [5.41, 5.74) is 6.95. The molecule has 1 heterocycles. The van der Waals surface area contributed by atoms with Crippen molar-refractivity contribution >= 4 is 0 Å². The molecular weight excluding hydrogens is 210 g/mol. The van der Waals surface area contributed by atoms with E-state index in [2.05, 4.69) is 39.9 Å². The number of nitrogens with two attached hydrogens (primary N) is 1. The van der Waals surface area contributed by atoms with E-state index in [0.717, 1.165) is 31.6 Å². The maximum Gasteiger partial charge on any atom is 0.108 e. The summed E-state index contributed by atoms with van der Waals surface area (Å²) in [7, 11) is 0. The zero-order valence-electron chi connectivity index (χ0n) is 10.0. The van der Waals surface area contributed by atoms with Crippen molar-refractivity contribution in [2.75, 3.05) is 6.54 Å². The molecule has 1 aromatic carbocycles. The fourth-order valence-corrected chi connectivity index (χ4v) is 2.01. The summed E-state index contributed by atoms with van der Waals surface area (Å²) in [4.78, 5) is 4.37. The number of aryl methyl sites for hydroxylation is 2. The second kappa shape index (κ2) is 6.21. The summed E-state index contributed by atoms with van der Waals surface area (Å²) in [6.45, 7) is 1.53. The fraction of sp³-hybridized carbons (Fsp3) is 0.357. The molecule has 2 rings (SSSR count). The quantitative estimate of drug-likeness (QED) is 0.823. The van der Waals surface area contributed by atoms with Crippen molar-refractivity contribution in [2.24, 2.45) is 5.73 Å². The monoisotopic (exact) mass is 229 g/mol. The Hall–Kier alpha value is -1.61. The molecule has 0 saturated heterocycles. The Bertz CT molecular complexity index is 434. The minimum Gasteiger partial charge on any atom is -0.334 e. The highest BCUT2D eigenvalue weighted by molar-refractivity contribution is 5.14. The van der Waals surface area contributed by atoms with Crippen molar-refractivity contribution in [1.82, 2.24) is 9.55 Å². The van der Waals surface area contributed by atoms with Crippen molar-refractivity contribution in [3.63, 3.8) is 0 Å². The topological polar surface area (TPSA) is 43.8 Å². The van der Waals surface area contributed by atoms with Crippen LogP contribution in [0.4, 0.5) is 0 Å². The molecule has 0 spiro atoms. The SMILES string of the molecule is NCCn1ccnc1CCCc1ccccc1. The van der Waals surface area contributed by atoms with E-state index < -0.39 is 0 Å². The number of hydrogen-bond donors (Lipinski definition) is 1. The largest absolute Gasteiger partial charge is 0.334 e. The van der Waals surface area contributed by atoms with E-state index in [-0.39, 0.29) is 0 Å². The van der Waals surface area contributed by atoms with Gasteiger partial charge in [0.25, 0.3) is 0 Å². The number of rotatable bonds is 6. The van der Waals surface area contributed by atoms with Crippen molar-refractivity contribution < 1.29 is 0 Å². The molecule has 0 fully saturated rings. The highest BCUT2D eigenvalue weighted by Gasteiger charge is 2.01. The minimum absolute atomic E-state index is 0.669. The molecule has 3 nitrogen and oxygen atoms in total. The first kappa shape index (κ1) is 11.9. The summed E-state index contributed by atoms with van der Waals surface area (Å²) < 4.78 is 2.14. The van der Waals surface area contributed by atoms with Gasteiger partial charge >= 0.3 is 0 Å². The number of hydrogen-bond acceptors (Lipinski definition) is 2. The van der Waals surface area contributed by atoms with Gasteiger partial charge in [-0.15, -0.1) is 0 Å². The molecule has 3 heteroatoms. The van der Waals surface area contributed by atoms with E-state index >= 15 is 0 Å². The predicted molar refractivity (Wildman–Crippen MR) is 69.7 cm³/mol. The van der Waals surface area contributed by atoms with E-state index in [0.29, 0.717) is 6.54 Å². The summed E-state index contributed by atoms with van der Waals surface area (Å²) in [6.07, 6.45) is 7.11. The highest BCUT2D eigenvalue weighted by Crippen LogP contribution is 2.07. The molecule has 2 N–H and O–H groups in total. The molecule has 0 aliphatic rings. The Morgan fingerprint density at radius 2 is 1.94 bits per heavy atom. The summed E-state index contributed by atoms with van der Waals surface area (Å²) in [5, 5.41) is 0. The Labute approximate surface area is 102 Å². The molecule has 90 valence electrons. The summed E-state index contributed by atoms with van der Waals surface area (Å²) in [6, 6.07) is 10.6. The number of benzene rings is 1. The molecule has 2 aromatic rings. The van der Waals surface area contributed by atoms with Crippen molar-refractivity contribution in [3.8, 4) is 0 Å². The standard InChI is InChI=1S/C14H19N3/c15-9-11-17-12-10-16-14(17)8-4-7-13-5-2-1-3-6-13/h1-3,5-6,10,12H,4,7-9,11,15H2. The van der Waals surface area contributed by atoms with Gasteiger partial charge in [-0.1, -0.05) is 30.3 Å². The van der Waals surface area contributed by atoms with Crippen molar-refractivity contribution in [3.05, 3.63) is 54.1 Å². The first-order valence-electron chi connectivity index (χ1n) is 6.14. The molecule has 0 aliphatic carbocycles. The van der Waals surface area contributed by atoms with Gasteiger partial charge < -0.3 is 10.3 Å². The third-order valence-electron chi connectivity index (χ3n) is 2.88. The maximum atomic E-state index is 5.56. The third kappa shape index (κ3) is 3.43. The van der Waals surface area contributed by atoms with Crippen LogP contribution in [0, 0.1) is 0 Å². The second-order valence-corrected chi connectivity index (χ2v) is 4.16.